The van der Waals surface area contributed by atoms with Crippen LogP contribution < -0.4 is 0 Å². The van der Waals surface area contributed by atoms with E-state index in [0.717, 1.165) is 16.8 Å². The van der Waals surface area contributed by atoms with Gasteiger partial charge in [-0.15, -0.1) is 11.3 Å². The van der Waals surface area contributed by atoms with E-state index < -0.39 is 15.8 Å². The molecule has 1 heterocycles. The summed E-state index contributed by atoms with van der Waals surface area (Å²) in [6.07, 6.45) is 1.05. The van der Waals surface area contributed by atoms with Crippen LogP contribution in [0.1, 0.15) is 16.1 Å². The number of aromatic nitrogens is 1. The molecule has 2 aromatic carbocycles. The summed E-state index contributed by atoms with van der Waals surface area (Å²) in [6, 6.07) is 13.3. The molecule has 0 aliphatic carbocycles. The highest BCUT2D eigenvalue weighted by Gasteiger charge is 2.19. The smallest absolute Gasteiger partial charge is 0.339 e. The minimum absolute atomic E-state index is 0.0107. The summed E-state index contributed by atoms with van der Waals surface area (Å²) in [5, 5.41) is 3.08. The molecule has 0 saturated heterocycles. The van der Waals surface area contributed by atoms with Crippen molar-refractivity contribution >= 4 is 38.7 Å². The zero-order chi connectivity index (χ0) is 18.7. The number of ether oxygens (including phenoxy) is 1. The molecule has 0 bridgehead atoms. The van der Waals surface area contributed by atoms with E-state index in [9.17, 15) is 13.2 Å². The minimum atomic E-state index is -3.53. The number of halogens is 1. The lowest BCUT2D eigenvalue weighted by Crippen LogP contribution is -2.11. The van der Waals surface area contributed by atoms with Crippen molar-refractivity contribution < 1.29 is 17.9 Å². The summed E-state index contributed by atoms with van der Waals surface area (Å²) in [5.41, 5.74) is 1.38. The Hall–Kier alpha value is -2.22. The van der Waals surface area contributed by atoms with Crippen LogP contribution in [-0.2, 0) is 21.2 Å². The van der Waals surface area contributed by atoms with E-state index in [1.54, 1.807) is 23.6 Å². The number of thiazole rings is 1. The Morgan fingerprint density at radius 2 is 1.85 bits per heavy atom. The third kappa shape index (κ3) is 4.12. The van der Waals surface area contributed by atoms with E-state index in [-0.39, 0.29) is 17.1 Å². The van der Waals surface area contributed by atoms with Crippen molar-refractivity contribution in [3.63, 3.8) is 0 Å². The third-order valence-corrected chi connectivity index (χ3v) is 5.92. The van der Waals surface area contributed by atoms with Gasteiger partial charge in [-0.1, -0.05) is 41.9 Å². The van der Waals surface area contributed by atoms with Gasteiger partial charge in [0.05, 0.1) is 21.2 Å². The normalized spacial score (nSPS) is 11.3. The van der Waals surface area contributed by atoms with Gasteiger partial charge in [0.2, 0.25) is 0 Å². The predicted octanol–water partition coefficient (Wildman–Crippen LogP) is 4.22. The Labute approximate surface area is 160 Å². The second-order valence-corrected chi connectivity index (χ2v) is 8.72. The monoisotopic (exact) mass is 407 g/mol. The Bertz CT molecular complexity index is 1060. The van der Waals surface area contributed by atoms with Crippen molar-refractivity contribution in [2.24, 2.45) is 0 Å². The highest BCUT2D eigenvalue weighted by atomic mass is 35.5. The molecule has 0 spiro atoms. The molecule has 0 saturated carbocycles. The van der Waals surface area contributed by atoms with Crippen molar-refractivity contribution in [1.29, 1.82) is 0 Å². The molecule has 5 nitrogen and oxygen atoms in total. The number of benzene rings is 2. The lowest BCUT2D eigenvalue weighted by Gasteiger charge is -2.07. The van der Waals surface area contributed by atoms with E-state index in [0.29, 0.717) is 10.7 Å². The molecule has 1 aromatic heterocycles. The maximum absolute atomic E-state index is 12.3. The fourth-order valence-electron chi connectivity index (χ4n) is 2.31. The van der Waals surface area contributed by atoms with Gasteiger partial charge in [-0.05, 0) is 18.2 Å². The van der Waals surface area contributed by atoms with Crippen LogP contribution >= 0.6 is 22.9 Å². The maximum Gasteiger partial charge on any atom is 0.339 e. The van der Waals surface area contributed by atoms with Gasteiger partial charge in [-0.3, -0.25) is 0 Å². The zero-order valence-electron chi connectivity index (χ0n) is 13.7. The van der Waals surface area contributed by atoms with Crippen molar-refractivity contribution in [3.05, 3.63) is 70.2 Å². The largest absolute Gasteiger partial charge is 0.456 e. The first kappa shape index (κ1) is 18.6. The number of esters is 1. The first-order valence-corrected chi connectivity index (χ1v) is 10.7. The zero-order valence-corrected chi connectivity index (χ0v) is 16.1. The molecular formula is C18H14ClNO4S2. The van der Waals surface area contributed by atoms with Crippen LogP contribution in [0.25, 0.3) is 10.6 Å². The number of nitrogens with zero attached hydrogens (tertiary/aromatic N) is 1. The van der Waals surface area contributed by atoms with E-state index >= 15 is 0 Å². The third-order valence-electron chi connectivity index (χ3n) is 3.51. The van der Waals surface area contributed by atoms with Crippen LogP contribution in [0.4, 0.5) is 0 Å². The van der Waals surface area contributed by atoms with Gasteiger partial charge in [0, 0.05) is 17.2 Å². The second kappa shape index (κ2) is 7.57. The van der Waals surface area contributed by atoms with Crippen molar-refractivity contribution in [2.45, 2.75) is 11.5 Å². The lowest BCUT2D eigenvalue weighted by atomic mass is 10.2. The van der Waals surface area contributed by atoms with Gasteiger partial charge in [0.15, 0.2) is 9.84 Å². The van der Waals surface area contributed by atoms with Gasteiger partial charge in [0.25, 0.3) is 0 Å². The highest BCUT2D eigenvalue weighted by molar-refractivity contribution is 7.90. The molecule has 3 aromatic rings. The van der Waals surface area contributed by atoms with Gasteiger partial charge in [-0.25, -0.2) is 18.2 Å². The number of hydrogen-bond donors (Lipinski definition) is 0. The molecule has 0 atom stereocenters. The molecule has 0 fully saturated rings. The molecule has 0 unspecified atom stereocenters. The summed E-state index contributed by atoms with van der Waals surface area (Å²) >= 11 is 7.55. The topological polar surface area (TPSA) is 73.3 Å². The van der Waals surface area contributed by atoms with E-state index in [4.69, 9.17) is 16.3 Å². The van der Waals surface area contributed by atoms with Crippen molar-refractivity contribution in [2.75, 3.05) is 6.26 Å². The van der Waals surface area contributed by atoms with E-state index in [1.165, 1.54) is 23.5 Å². The number of rotatable bonds is 5. The Morgan fingerprint density at radius 3 is 2.58 bits per heavy atom. The predicted molar refractivity (Wildman–Crippen MR) is 101 cm³/mol. The number of sulfone groups is 1. The molecule has 3 rings (SSSR count). The van der Waals surface area contributed by atoms with Crippen LogP contribution in [0.2, 0.25) is 5.02 Å². The molecule has 0 amide bonds. The number of carbonyl (C=O) groups is 1. The molecule has 0 aliphatic heterocycles. The lowest BCUT2D eigenvalue weighted by molar-refractivity contribution is 0.0464. The highest BCUT2D eigenvalue weighted by Crippen LogP contribution is 2.30. The Kier molecular flexibility index (Phi) is 5.41. The number of hydrogen-bond acceptors (Lipinski definition) is 6. The quantitative estimate of drug-likeness (QED) is 0.592. The van der Waals surface area contributed by atoms with Gasteiger partial charge in [0.1, 0.15) is 11.6 Å². The molecule has 0 N–H and O–H groups in total. The summed E-state index contributed by atoms with van der Waals surface area (Å²) in [6.45, 7) is -0.0577. The van der Waals surface area contributed by atoms with E-state index in [1.807, 2.05) is 18.2 Å². The molecule has 0 aliphatic rings. The molecular weight excluding hydrogens is 394 g/mol. The SMILES string of the molecule is CS(=O)(=O)c1ccccc1C(=O)OCc1csc(-c2ccccc2Cl)n1. The maximum atomic E-state index is 12.3. The van der Waals surface area contributed by atoms with Gasteiger partial charge >= 0.3 is 5.97 Å². The summed E-state index contributed by atoms with van der Waals surface area (Å²) in [4.78, 5) is 16.6. The Morgan fingerprint density at radius 1 is 1.15 bits per heavy atom. The fourth-order valence-corrected chi connectivity index (χ4v) is 4.31. The fraction of sp³-hybridized carbons (Fsp3) is 0.111. The average molecular weight is 408 g/mol. The first-order valence-electron chi connectivity index (χ1n) is 7.52. The first-order chi connectivity index (χ1) is 12.4. The molecule has 8 heteroatoms. The van der Waals surface area contributed by atoms with Crippen LogP contribution in [0.3, 0.4) is 0 Å². The molecule has 134 valence electrons. The van der Waals surface area contributed by atoms with Gasteiger partial charge < -0.3 is 4.74 Å². The molecule has 26 heavy (non-hydrogen) atoms. The van der Waals surface area contributed by atoms with Crippen LogP contribution in [0, 0.1) is 0 Å². The van der Waals surface area contributed by atoms with Crippen LogP contribution in [-0.4, -0.2) is 25.6 Å². The Balaban J connectivity index is 1.75. The number of carbonyl (C=O) groups excluding carboxylic acids is 1. The average Bonchev–Trinajstić information content (AvgIpc) is 3.08. The standard InChI is InChI=1S/C18H14ClNO4S2/c1-26(22,23)16-9-5-3-7-14(16)18(21)24-10-12-11-25-17(20-12)13-6-2-4-8-15(13)19/h2-9,11H,10H2,1H3. The summed E-state index contributed by atoms with van der Waals surface area (Å²) in [7, 11) is -3.53. The van der Waals surface area contributed by atoms with Crippen molar-refractivity contribution in [3.8, 4) is 10.6 Å². The van der Waals surface area contributed by atoms with Crippen LogP contribution in [0.5, 0.6) is 0 Å². The van der Waals surface area contributed by atoms with Crippen LogP contribution in [0.15, 0.2) is 58.8 Å². The molecule has 0 radical (unpaired) electrons. The van der Waals surface area contributed by atoms with E-state index in [2.05, 4.69) is 4.98 Å². The van der Waals surface area contributed by atoms with Gasteiger partial charge in [-0.2, -0.15) is 0 Å². The second-order valence-electron chi connectivity index (χ2n) is 5.47. The summed E-state index contributed by atoms with van der Waals surface area (Å²) < 4.78 is 28.8. The van der Waals surface area contributed by atoms with Crippen molar-refractivity contribution in [1.82, 2.24) is 4.98 Å². The summed E-state index contributed by atoms with van der Waals surface area (Å²) in [5.74, 6) is -0.710. The minimum Gasteiger partial charge on any atom is -0.456 e.